The van der Waals surface area contributed by atoms with Gasteiger partial charge in [0.05, 0.1) is 5.71 Å². The average molecular weight is 283 g/mol. The molecule has 0 spiro atoms. The van der Waals surface area contributed by atoms with Crippen LogP contribution < -0.4 is 0 Å². The van der Waals surface area contributed by atoms with Crippen LogP contribution in [0.1, 0.15) is 36.1 Å². The maximum atomic E-state index is 14.2. The van der Waals surface area contributed by atoms with Gasteiger partial charge in [0.15, 0.2) is 6.10 Å². The highest BCUT2D eigenvalue weighted by Crippen LogP contribution is 2.32. The third kappa shape index (κ3) is 3.13. The Hall–Kier alpha value is -2.16. The Morgan fingerprint density at radius 2 is 1.90 bits per heavy atom. The van der Waals surface area contributed by atoms with Crippen molar-refractivity contribution in [3.05, 3.63) is 71.0 Å². The Morgan fingerprint density at radius 3 is 2.62 bits per heavy atom. The van der Waals surface area contributed by atoms with Gasteiger partial charge in [-0.2, -0.15) is 0 Å². The van der Waals surface area contributed by atoms with Crippen LogP contribution in [0.4, 0.5) is 4.39 Å². The molecule has 1 heterocycles. The fourth-order valence-corrected chi connectivity index (χ4v) is 2.74. The predicted octanol–water partition coefficient (Wildman–Crippen LogP) is 4.45. The second-order valence-electron chi connectivity index (χ2n) is 5.42. The largest absolute Gasteiger partial charge is 0.387 e. The SMILES string of the molecule is CC1=NO[C@@H](c2c(F)cccc2CCc2ccccc2)C1. The van der Waals surface area contributed by atoms with E-state index in [1.54, 1.807) is 6.07 Å². The van der Waals surface area contributed by atoms with Crippen molar-refractivity contribution >= 4 is 5.71 Å². The van der Waals surface area contributed by atoms with Gasteiger partial charge in [0, 0.05) is 12.0 Å². The summed E-state index contributed by atoms with van der Waals surface area (Å²) in [6.45, 7) is 1.91. The lowest BCUT2D eigenvalue weighted by atomic mass is 9.94. The molecule has 21 heavy (non-hydrogen) atoms. The number of nitrogens with zero attached hydrogens (tertiary/aromatic N) is 1. The smallest absolute Gasteiger partial charge is 0.160 e. The van der Waals surface area contributed by atoms with E-state index >= 15 is 0 Å². The molecule has 1 atom stereocenters. The highest BCUT2D eigenvalue weighted by molar-refractivity contribution is 5.83. The number of benzene rings is 2. The zero-order valence-corrected chi connectivity index (χ0v) is 12.1. The molecule has 0 saturated carbocycles. The van der Waals surface area contributed by atoms with Gasteiger partial charge in [-0.3, -0.25) is 0 Å². The third-order valence-electron chi connectivity index (χ3n) is 3.81. The van der Waals surface area contributed by atoms with Crippen molar-refractivity contribution in [2.45, 2.75) is 32.3 Å². The van der Waals surface area contributed by atoms with E-state index in [2.05, 4.69) is 17.3 Å². The molecule has 0 unspecified atom stereocenters. The fourth-order valence-electron chi connectivity index (χ4n) is 2.74. The molecule has 3 heteroatoms. The number of rotatable bonds is 4. The molecule has 108 valence electrons. The Morgan fingerprint density at radius 1 is 1.10 bits per heavy atom. The quantitative estimate of drug-likeness (QED) is 0.812. The third-order valence-corrected chi connectivity index (χ3v) is 3.81. The lowest BCUT2D eigenvalue weighted by molar-refractivity contribution is 0.0822. The van der Waals surface area contributed by atoms with E-state index in [1.807, 2.05) is 31.2 Å². The van der Waals surface area contributed by atoms with Crippen LogP contribution in [0.25, 0.3) is 0 Å². The topological polar surface area (TPSA) is 21.6 Å². The number of halogens is 1. The van der Waals surface area contributed by atoms with E-state index in [-0.39, 0.29) is 11.9 Å². The Kier molecular flexibility index (Phi) is 4.00. The summed E-state index contributed by atoms with van der Waals surface area (Å²) in [6.07, 6.45) is 2.08. The number of aryl methyl sites for hydroxylation is 2. The predicted molar refractivity (Wildman–Crippen MR) is 81.8 cm³/mol. The molecule has 2 aromatic rings. The second-order valence-corrected chi connectivity index (χ2v) is 5.42. The maximum absolute atomic E-state index is 14.2. The number of oxime groups is 1. The first-order valence-corrected chi connectivity index (χ1v) is 7.24. The van der Waals surface area contributed by atoms with Gasteiger partial charge < -0.3 is 4.84 Å². The first-order valence-electron chi connectivity index (χ1n) is 7.24. The Balaban J connectivity index is 1.80. The molecule has 0 aromatic heterocycles. The molecule has 0 radical (unpaired) electrons. The molecule has 2 nitrogen and oxygen atoms in total. The lowest BCUT2D eigenvalue weighted by Crippen LogP contribution is -2.07. The summed E-state index contributed by atoms with van der Waals surface area (Å²) in [5.41, 5.74) is 3.84. The summed E-state index contributed by atoms with van der Waals surface area (Å²) in [5, 5.41) is 3.94. The number of hydrogen-bond donors (Lipinski definition) is 0. The maximum Gasteiger partial charge on any atom is 0.160 e. The lowest BCUT2D eigenvalue weighted by Gasteiger charge is -2.15. The van der Waals surface area contributed by atoms with Crippen LogP contribution in [0.3, 0.4) is 0 Å². The monoisotopic (exact) mass is 283 g/mol. The van der Waals surface area contributed by atoms with Gasteiger partial charge in [-0.25, -0.2) is 4.39 Å². The van der Waals surface area contributed by atoms with Crippen LogP contribution in [0.15, 0.2) is 53.7 Å². The van der Waals surface area contributed by atoms with E-state index in [0.29, 0.717) is 12.0 Å². The second kappa shape index (κ2) is 6.08. The van der Waals surface area contributed by atoms with Crippen LogP contribution in [0.5, 0.6) is 0 Å². The summed E-state index contributed by atoms with van der Waals surface area (Å²) in [7, 11) is 0. The van der Waals surface area contributed by atoms with Crippen molar-refractivity contribution in [3.63, 3.8) is 0 Å². The van der Waals surface area contributed by atoms with Crippen LogP contribution in [-0.4, -0.2) is 5.71 Å². The molecule has 0 fully saturated rings. The van der Waals surface area contributed by atoms with E-state index in [4.69, 9.17) is 4.84 Å². The highest BCUT2D eigenvalue weighted by atomic mass is 19.1. The minimum absolute atomic E-state index is 0.199. The van der Waals surface area contributed by atoms with Crippen molar-refractivity contribution in [3.8, 4) is 0 Å². The van der Waals surface area contributed by atoms with E-state index in [0.717, 1.165) is 24.1 Å². The standard InChI is InChI=1S/C18H18FNO/c1-13-12-17(21-20-13)18-15(8-5-9-16(18)19)11-10-14-6-3-2-4-7-14/h2-9,17H,10-12H2,1H3/t17-/m1/s1. The molecular formula is C18H18FNO. The van der Waals surface area contributed by atoms with Gasteiger partial charge >= 0.3 is 0 Å². The normalized spacial score (nSPS) is 17.4. The van der Waals surface area contributed by atoms with Crippen molar-refractivity contribution in [1.82, 2.24) is 0 Å². The summed E-state index contributed by atoms with van der Waals surface area (Å²) in [6, 6.07) is 15.5. The van der Waals surface area contributed by atoms with Crippen molar-refractivity contribution < 1.29 is 9.23 Å². The molecule has 0 N–H and O–H groups in total. The van der Waals surface area contributed by atoms with Crippen LogP contribution in [0, 0.1) is 5.82 Å². The zero-order chi connectivity index (χ0) is 14.7. The molecule has 3 rings (SSSR count). The van der Waals surface area contributed by atoms with E-state index in [1.165, 1.54) is 11.6 Å². The summed E-state index contributed by atoms with van der Waals surface area (Å²) >= 11 is 0. The Labute approximate surface area is 124 Å². The zero-order valence-electron chi connectivity index (χ0n) is 12.1. The van der Waals surface area contributed by atoms with Gasteiger partial charge in [0.2, 0.25) is 0 Å². The average Bonchev–Trinajstić information content (AvgIpc) is 2.92. The molecule has 1 aliphatic rings. The summed E-state index contributed by atoms with van der Waals surface area (Å²) in [5.74, 6) is -0.199. The van der Waals surface area contributed by atoms with Gasteiger partial charge in [-0.15, -0.1) is 0 Å². The molecule has 0 saturated heterocycles. The van der Waals surface area contributed by atoms with Crippen LogP contribution in [-0.2, 0) is 17.7 Å². The fraction of sp³-hybridized carbons (Fsp3) is 0.278. The first kappa shape index (κ1) is 13.8. The van der Waals surface area contributed by atoms with Crippen molar-refractivity contribution in [2.75, 3.05) is 0 Å². The van der Waals surface area contributed by atoms with Gasteiger partial charge in [0.1, 0.15) is 5.82 Å². The van der Waals surface area contributed by atoms with Crippen molar-refractivity contribution in [2.24, 2.45) is 5.16 Å². The Bertz CT molecular complexity index is 652. The molecule has 0 bridgehead atoms. The van der Waals surface area contributed by atoms with Gasteiger partial charge in [-0.05, 0) is 37.0 Å². The van der Waals surface area contributed by atoms with Crippen molar-refractivity contribution in [1.29, 1.82) is 0 Å². The van der Waals surface area contributed by atoms with Crippen LogP contribution >= 0.6 is 0 Å². The first-order chi connectivity index (χ1) is 10.2. The number of hydrogen-bond acceptors (Lipinski definition) is 2. The minimum Gasteiger partial charge on any atom is -0.387 e. The van der Waals surface area contributed by atoms with Gasteiger partial charge in [0.25, 0.3) is 0 Å². The highest BCUT2D eigenvalue weighted by Gasteiger charge is 2.25. The van der Waals surface area contributed by atoms with E-state index < -0.39 is 0 Å². The van der Waals surface area contributed by atoms with Gasteiger partial charge in [-0.1, -0.05) is 47.6 Å². The molecule has 1 aliphatic heterocycles. The molecule has 0 aliphatic carbocycles. The minimum atomic E-state index is -0.281. The molecule has 0 amide bonds. The van der Waals surface area contributed by atoms with E-state index in [9.17, 15) is 4.39 Å². The molecule has 2 aromatic carbocycles. The van der Waals surface area contributed by atoms with Crippen LogP contribution in [0.2, 0.25) is 0 Å². The summed E-state index contributed by atoms with van der Waals surface area (Å²) in [4.78, 5) is 5.37. The molecular weight excluding hydrogens is 265 g/mol. The summed E-state index contributed by atoms with van der Waals surface area (Å²) < 4.78 is 14.2.